The van der Waals surface area contributed by atoms with Gasteiger partial charge in [0.15, 0.2) is 0 Å². The van der Waals surface area contributed by atoms with E-state index >= 15 is 0 Å². The zero-order valence-electron chi connectivity index (χ0n) is 17.6. The van der Waals surface area contributed by atoms with Crippen LogP contribution in [-0.4, -0.2) is 30.1 Å². The molecule has 0 spiro atoms. The summed E-state index contributed by atoms with van der Waals surface area (Å²) in [6.45, 7) is 3.35. The molecule has 3 fully saturated rings. The number of nitrogens with one attached hydrogen (secondary N) is 1. The number of benzene rings is 3. The van der Waals surface area contributed by atoms with Gasteiger partial charge >= 0.3 is 0 Å². The van der Waals surface area contributed by atoms with E-state index in [-0.39, 0.29) is 0 Å². The Bertz CT molecular complexity index is 935. The Hall–Kier alpha value is -1.46. The van der Waals surface area contributed by atoms with Crippen LogP contribution in [0.15, 0.2) is 87.8 Å². The summed E-state index contributed by atoms with van der Waals surface area (Å²) >= 11 is 7.25. The smallest absolute Gasteiger partial charge is 0.0361 e. The summed E-state index contributed by atoms with van der Waals surface area (Å²) in [5.74, 6) is 1.09. The molecule has 3 aliphatic heterocycles. The summed E-state index contributed by atoms with van der Waals surface area (Å²) < 4.78 is 2.27. The van der Waals surface area contributed by atoms with Crippen molar-refractivity contribution in [3.05, 3.63) is 104 Å². The van der Waals surface area contributed by atoms with Gasteiger partial charge in [0.05, 0.1) is 0 Å². The van der Waals surface area contributed by atoms with E-state index in [2.05, 4.69) is 121 Å². The van der Waals surface area contributed by atoms with Gasteiger partial charge in [-0.2, -0.15) is 0 Å². The SMILES string of the molecule is Brc1ccc(C(c2ccc(Br)cc2)C2C(NCc3ccccc3)C3CCN2CC3)cc1. The van der Waals surface area contributed by atoms with Gasteiger partial charge in [0.25, 0.3) is 0 Å². The zero-order valence-corrected chi connectivity index (χ0v) is 20.7. The molecule has 0 amide bonds. The standard InChI is InChI=1S/C27H28Br2N2/c28-23-10-6-20(7-11-23)25(21-8-12-24(29)13-9-21)27-26(22-14-16-31(27)17-15-22)30-18-19-4-2-1-3-5-19/h1-13,22,25-27,30H,14-18H2. The number of hydrogen-bond donors (Lipinski definition) is 1. The van der Waals surface area contributed by atoms with Gasteiger partial charge < -0.3 is 5.32 Å². The first-order valence-electron chi connectivity index (χ1n) is 11.2. The van der Waals surface area contributed by atoms with Crippen molar-refractivity contribution in [2.24, 2.45) is 5.92 Å². The second-order valence-electron chi connectivity index (χ2n) is 8.84. The molecule has 3 heterocycles. The molecule has 3 aliphatic rings. The molecule has 2 atom stereocenters. The lowest BCUT2D eigenvalue weighted by Gasteiger charge is -2.54. The van der Waals surface area contributed by atoms with Crippen molar-refractivity contribution in [3.63, 3.8) is 0 Å². The van der Waals surface area contributed by atoms with Crippen molar-refractivity contribution in [2.45, 2.75) is 37.4 Å². The maximum Gasteiger partial charge on any atom is 0.0361 e. The van der Waals surface area contributed by atoms with Crippen LogP contribution in [0.1, 0.15) is 35.4 Å². The summed E-state index contributed by atoms with van der Waals surface area (Å²) in [6.07, 6.45) is 2.60. The first-order valence-corrected chi connectivity index (χ1v) is 12.8. The van der Waals surface area contributed by atoms with Gasteiger partial charge in [-0.05, 0) is 72.8 Å². The molecule has 3 aromatic carbocycles. The first kappa shape index (κ1) is 21.4. The Labute approximate surface area is 202 Å². The highest BCUT2D eigenvalue weighted by atomic mass is 79.9. The van der Waals surface area contributed by atoms with Crippen molar-refractivity contribution in [3.8, 4) is 0 Å². The Balaban J connectivity index is 1.51. The predicted molar refractivity (Wildman–Crippen MR) is 135 cm³/mol. The molecule has 0 aromatic heterocycles. The van der Waals surface area contributed by atoms with Crippen molar-refractivity contribution >= 4 is 31.9 Å². The zero-order chi connectivity index (χ0) is 21.2. The number of piperidine rings is 3. The van der Waals surface area contributed by atoms with Crippen LogP contribution in [0.3, 0.4) is 0 Å². The monoisotopic (exact) mass is 538 g/mol. The molecule has 0 radical (unpaired) electrons. The number of fused-ring (bicyclic) bond motifs is 3. The van der Waals surface area contributed by atoms with Crippen LogP contribution in [-0.2, 0) is 6.54 Å². The molecule has 2 nitrogen and oxygen atoms in total. The second-order valence-corrected chi connectivity index (χ2v) is 10.7. The number of halogens is 2. The van der Waals surface area contributed by atoms with E-state index in [4.69, 9.17) is 0 Å². The van der Waals surface area contributed by atoms with E-state index in [1.165, 1.54) is 42.6 Å². The van der Waals surface area contributed by atoms with Gasteiger partial charge in [-0.15, -0.1) is 0 Å². The third-order valence-electron chi connectivity index (χ3n) is 7.06. The summed E-state index contributed by atoms with van der Waals surface area (Å²) in [6, 6.07) is 29.7. The fourth-order valence-electron chi connectivity index (χ4n) is 5.55. The molecule has 2 unspecified atom stereocenters. The summed E-state index contributed by atoms with van der Waals surface area (Å²) in [5, 5.41) is 4.00. The number of rotatable bonds is 6. The molecule has 0 saturated carbocycles. The molecule has 31 heavy (non-hydrogen) atoms. The van der Waals surface area contributed by atoms with Gasteiger partial charge in [-0.3, -0.25) is 4.90 Å². The van der Waals surface area contributed by atoms with Crippen LogP contribution in [0.25, 0.3) is 0 Å². The van der Waals surface area contributed by atoms with Crippen molar-refractivity contribution in [1.82, 2.24) is 10.2 Å². The topological polar surface area (TPSA) is 15.3 Å². The van der Waals surface area contributed by atoms with Gasteiger partial charge in [0, 0.05) is 33.5 Å². The van der Waals surface area contributed by atoms with Crippen molar-refractivity contribution < 1.29 is 0 Å². The predicted octanol–water partition coefficient (Wildman–Crippen LogP) is 6.60. The largest absolute Gasteiger partial charge is 0.308 e. The molecular formula is C27H28Br2N2. The van der Waals surface area contributed by atoms with Gasteiger partial charge in [-0.25, -0.2) is 0 Å². The van der Waals surface area contributed by atoms with Gasteiger partial charge in [0.1, 0.15) is 0 Å². The van der Waals surface area contributed by atoms with Gasteiger partial charge in [-0.1, -0.05) is 86.5 Å². The molecule has 3 saturated heterocycles. The third kappa shape index (κ3) is 4.68. The normalized spacial score (nSPS) is 25.1. The van der Waals surface area contributed by atoms with Crippen LogP contribution >= 0.6 is 31.9 Å². The molecule has 3 aromatic rings. The minimum Gasteiger partial charge on any atom is -0.308 e. The van der Waals surface area contributed by atoms with E-state index in [1.54, 1.807) is 0 Å². The Morgan fingerprint density at radius 3 is 1.87 bits per heavy atom. The number of hydrogen-bond acceptors (Lipinski definition) is 2. The fourth-order valence-corrected chi connectivity index (χ4v) is 6.08. The maximum atomic E-state index is 4.00. The van der Waals surface area contributed by atoms with Crippen molar-refractivity contribution in [1.29, 1.82) is 0 Å². The van der Waals surface area contributed by atoms with E-state index < -0.39 is 0 Å². The van der Waals surface area contributed by atoms with E-state index in [1.807, 2.05) is 0 Å². The Morgan fingerprint density at radius 1 is 0.774 bits per heavy atom. The minimum atomic E-state index is 0.345. The maximum absolute atomic E-state index is 4.00. The quantitative estimate of drug-likeness (QED) is 0.380. The molecule has 1 N–H and O–H groups in total. The van der Waals surface area contributed by atoms with Crippen molar-refractivity contribution in [2.75, 3.05) is 13.1 Å². The molecular weight excluding hydrogens is 512 g/mol. The minimum absolute atomic E-state index is 0.345. The van der Waals surface area contributed by atoms with Crippen LogP contribution in [0.2, 0.25) is 0 Å². The lowest BCUT2D eigenvalue weighted by molar-refractivity contribution is 0.00468. The highest BCUT2D eigenvalue weighted by Gasteiger charge is 2.46. The lowest BCUT2D eigenvalue weighted by atomic mass is 9.70. The first-order chi connectivity index (χ1) is 15.2. The summed E-state index contributed by atoms with van der Waals surface area (Å²) in [7, 11) is 0. The lowest BCUT2D eigenvalue weighted by Crippen LogP contribution is -2.64. The molecule has 2 bridgehead atoms. The summed E-state index contributed by atoms with van der Waals surface area (Å²) in [5.41, 5.74) is 4.16. The molecule has 0 aliphatic carbocycles. The Kier molecular flexibility index (Phi) is 6.61. The van der Waals surface area contributed by atoms with E-state index in [0.717, 1.165) is 21.4 Å². The van der Waals surface area contributed by atoms with Crippen LogP contribution in [0.5, 0.6) is 0 Å². The number of nitrogens with zero attached hydrogens (tertiary/aromatic N) is 1. The highest BCUT2D eigenvalue weighted by molar-refractivity contribution is 9.10. The molecule has 160 valence electrons. The van der Waals surface area contributed by atoms with E-state index in [0.29, 0.717) is 18.0 Å². The molecule has 6 rings (SSSR count). The average Bonchev–Trinajstić information content (AvgIpc) is 2.82. The van der Waals surface area contributed by atoms with Crippen LogP contribution in [0, 0.1) is 5.92 Å². The van der Waals surface area contributed by atoms with Crippen LogP contribution in [0.4, 0.5) is 0 Å². The van der Waals surface area contributed by atoms with E-state index in [9.17, 15) is 0 Å². The summed E-state index contributed by atoms with van der Waals surface area (Å²) in [4.78, 5) is 2.75. The highest BCUT2D eigenvalue weighted by Crippen LogP contribution is 2.42. The van der Waals surface area contributed by atoms with Crippen LogP contribution < -0.4 is 5.32 Å². The van der Waals surface area contributed by atoms with Gasteiger partial charge in [0.2, 0.25) is 0 Å². The third-order valence-corrected chi connectivity index (χ3v) is 8.11. The molecule has 4 heteroatoms. The second kappa shape index (κ2) is 9.58. The average molecular weight is 540 g/mol. The Morgan fingerprint density at radius 2 is 1.32 bits per heavy atom. The fraction of sp³-hybridized carbons (Fsp3) is 0.333.